The van der Waals surface area contributed by atoms with Gasteiger partial charge in [-0.3, -0.25) is 0 Å². The number of pyridine rings is 1. The second-order valence-electron chi connectivity index (χ2n) is 8.33. The number of carbonyl (C=O) groups is 2. The molecule has 0 atom stereocenters. The Morgan fingerprint density at radius 3 is 2.45 bits per heavy atom. The molecule has 0 saturated carbocycles. The van der Waals surface area contributed by atoms with Crippen LogP contribution in [-0.4, -0.2) is 58.2 Å². The number of benzene rings is 1. The van der Waals surface area contributed by atoms with Crippen molar-refractivity contribution in [1.82, 2.24) is 25.4 Å². The van der Waals surface area contributed by atoms with Crippen molar-refractivity contribution >= 4 is 42.8 Å². The maximum atomic E-state index is 12.4. The molecule has 3 heterocycles. The molecule has 3 N–H and O–H groups in total. The molecule has 0 unspecified atom stereocenters. The summed E-state index contributed by atoms with van der Waals surface area (Å²) in [6.07, 6.45) is -0.284. The maximum absolute atomic E-state index is 12.4. The van der Waals surface area contributed by atoms with Crippen LogP contribution >= 0.6 is 0 Å². The Kier molecular flexibility index (Phi) is 9.76. The van der Waals surface area contributed by atoms with Gasteiger partial charge in [0.15, 0.2) is 0 Å². The molecule has 3 aromatic heterocycles. The van der Waals surface area contributed by atoms with Crippen LogP contribution in [0.4, 0.5) is 34.3 Å². The number of rotatable bonds is 11. The first-order valence-corrected chi connectivity index (χ1v) is 13.7. The van der Waals surface area contributed by atoms with E-state index in [1.165, 1.54) is 12.1 Å². The van der Waals surface area contributed by atoms with Crippen molar-refractivity contribution < 1.29 is 27.5 Å². The SMILES string of the molecule is O=C(Cc1cccc(OC(F)(F)F)c1)Nc1ccc(CCCCc2nnc(NC(=O)Nc3ccccn3)[se]2)nn1. The second kappa shape index (κ2) is 13.6. The third-order valence-corrected chi connectivity index (χ3v) is 7.04. The average molecular weight is 619 g/mol. The van der Waals surface area contributed by atoms with Crippen molar-refractivity contribution in [3.05, 3.63) is 76.6 Å². The number of halogens is 3. The number of unbranched alkanes of at least 4 members (excludes halogenated alkanes) is 1. The van der Waals surface area contributed by atoms with Crippen LogP contribution in [0.25, 0.3) is 0 Å². The summed E-state index contributed by atoms with van der Waals surface area (Å²) in [5.74, 6) is -0.161. The molecule has 40 heavy (non-hydrogen) atoms. The standard InChI is InChI=1S/C25H23F3N8O3Se/c26-25(27,28)39-18-8-5-6-16(14-18)15-21(37)30-20-12-11-17(33-34-20)7-1-2-10-22-35-36-24(40-22)32-23(38)31-19-9-3-4-13-29-19/h3-6,8-9,11-14H,1-2,7,10,15H2,(H,30,34,37)(H2,29,31,32,36,38). The molecule has 208 valence electrons. The van der Waals surface area contributed by atoms with Gasteiger partial charge in [0, 0.05) is 0 Å². The van der Waals surface area contributed by atoms with Gasteiger partial charge in [-0.05, 0) is 17.7 Å². The van der Waals surface area contributed by atoms with Gasteiger partial charge in [0.05, 0.1) is 0 Å². The first-order chi connectivity index (χ1) is 19.2. The molecule has 0 bridgehead atoms. The molecule has 0 aliphatic carbocycles. The fourth-order valence-electron chi connectivity index (χ4n) is 3.45. The fraction of sp³-hybridized carbons (Fsp3) is 0.240. The third-order valence-electron chi connectivity index (χ3n) is 5.15. The van der Waals surface area contributed by atoms with Crippen LogP contribution in [0.5, 0.6) is 5.75 Å². The van der Waals surface area contributed by atoms with Crippen molar-refractivity contribution in [2.75, 3.05) is 16.0 Å². The van der Waals surface area contributed by atoms with E-state index in [2.05, 4.69) is 46.1 Å². The molecule has 4 rings (SSSR count). The summed E-state index contributed by atoms with van der Waals surface area (Å²) in [7, 11) is 0. The van der Waals surface area contributed by atoms with Gasteiger partial charge >= 0.3 is 179 Å². The van der Waals surface area contributed by atoms with Crippen LogP contribution in [0.15, 0.2) is 60.8 Å². The molecule has 1 aromatic carbocycles. The number of hydrogen-bond acceptors (Lipinski definition) is 8. The van der Waals surface area contributed by atoms with E-state index < -0.39 is 24.1 Å². The molecule has 15 heteroatoms. The van der Waals surface area contributed by atoms with Crippen LogP contribution in [0.2, 0.25) is 0 Å². The van der Waals surface area contributed by atoms with Crippen LogP contribution in [0.3, 0.4) is 0 Å². The van der Waals surface area contributed by atoms with Crippen LogP contribution in [-0.2, 0) is 24.1 Å². The third kappa shape index (κ3) is 9.75. The number of aryl methyl sites for hydroxylation is 2. The van der Waals surface area contributed by atoms with E-state index in [0.29, 0.717) is 22.5 Å². The molecule has 11 nitrogen and oxygen atoms in total. The molecular weight excluding hydrogens is 596 g/mol. The van der Waals surface area contributed by atoms with Crippen molar-refractivity contribution in [2.45, 2.75) is 38.5 Å². The number of urea groups is 1. The molecule has 0 aliphatic rings. The number of aromatic nitrogens is 5. The van der Waals surface area contributed by atoms with Gasteiger partial charge in [0.1, 0.15) is 5.75 Å². The van der Waals surface area contributed by atoms with Gasteiger partial charge < -0.3 is 4.74 Å². The fourth-order valence-corrected chi connectivity index (χ4v) is 5.08. The van der Waals surface area contributed by atoms with Gasteiger partial charge in [-0.25, -0.2) is 0 Å². The Morgan fingerprint density at radius 1 is 0.850 bits per heavy atom. The van der Waals surface area contributed by atoms with Crippen LogP contribution in [0, 0.1) is 0 Å². The molecule has 0 aliphatic heterocycles. The summed E-state index contributed by atoms with van der Waals surface area (Å²) in [5, 5.41) is 24.2. The number of amides is 3. The van der Waals surface area contributed by atoms with Gasteiger partial charge in [-0.1, -0.05) is 12.1 Å². The van der Waals surface area contributed by atoms with Gasteiger partial charge in [0.25, 0.3) is 0 Å². The summed E-state index contributed by atoms with van der Waals surface area (Å²) < 4.78 is 42.5. The van der Waals surface area contributed by atoms with Gasteiger partial charge in [0.2, 0.25) is 0 Å². The molecule has 0 fully saturated rings. The van der Waals surface area contributed by atoms with Crippen molar-refractivity contribution in [2.24, 2.45) is 0 Å². The molecular formula is C25H23F3N8O3Se. The summed E-state index contributed by atoms with van der Waals surface area (Å²) >= 11 is -0.159. The second-order valence-corrected chi connectivity index (χ2v) is 10.6. The van der Waals surface area contributed by atoms with E-state index >= 15 is 0 Å². The van der Waals surface area contributed by atoms with Crippen molar-refractivity contribution in [3.8, 4) is 5.75 Å². The first kappa shape index (κ1) is 28.6. The molecule has 0 radical (unpaired) electrons. The van der Waals surface area contributed by atoms with Crippen LogP contribution < -0.4 is 20.7 Å². The Balaban J connectivity index is 1.15. The molecule has 0 saturated heterocycles. The predicted molar refractivity (Wildman–Crippen MR) is 140 cm³/mol. The van der Waals surface area contributed by atoms with Crippen LogP contribution in [0.1, 0.15) is 28.7 Å². The number of nitrogens with one attached hydrogen (secondary N) is 3. The normalized spacial score (nSPS) is 11.1. The van der Waals surface area contributed by atoms with E-state index in [0.717, 1.165) is 41.7 Å². The van der Waals surface area contributed by atoms with Crippen molar-refractivity contribution in [1.29, 1.82) is 0 Å². The molecule has 4 aromatic rings. The van der Waals surface area contributed by atoms with E-state index in [-0.39, 0.29) is 26.7 Å². The summed E-state index contributed by atoms with van der Waals surface area (Å²) in [5.41, 5.74) is 1.11. The number of hydrogen-bond donors (Lipinski definition) is 3. The Bertz CT molecular complexity index is 1420. The minimum absolute atomic E-state index is 0.153. The zero-order chi connectivity index (χ0) is 28.4. The summed E-state index contributed by atoms with van der Waals surface area (Å²) in [4.78, 5) is 28.4. The Labute approximate surface area is 232 Å². The summed E-state index contributed by atoms with van der Waals surface area (Å²) in [6.45, 7) is 0. The van der Waals surface area contributed by atoms with Crippen molar-refractivity contribution in [3.63, 3.8) is 0 Å². The summed E-state index contributed by atoms with van der Waals surface area (Å²) in [6, 6.07) is 13.4. The van der Waals surface area contributed by atoms with Gasteiger partial charge in [-0.15, -0.1) is 13.2 Å². The Morgan fingerprint density at radius 2 is 1.70 bits per heavy atom. The van der Waals surface area contributed by atoms with Gasteiger partial charge in [-0.2, -0.15) is 0 Å². The monoisotopic (exact) mass is 620 g/mol. The number of nitrogens with zero attached hydrogens (tertiary/aromatic N) is 5. The van der Waals surface area contributed by atoms with E-state index in [1.54, 1.807) is 36.5 Å². The number of carbonyl (C=O) groups excluding carboxylic acids is 2. The average Bonchev–Trinajstić information content (AvgIpc) is 3.34. The first-order valence-electron chi connectivity index (χ1n) is 12.0. The minimum atomic E-state index is -4.81. The van der Waals surface area contributed by atoms with E-state index in [1.807, 2.05) is 0 Å². The zero-order valence-electron chi connectivity index (χ0n) is 20.8. The topological polar surface area (TPSA) is 144 Å². The van der Waals surface area contributed by atoms with E-state index in [4.69, 9.17) is 0 Å². The predicted octanol–water partition coefficient (Wildman–Crippen LogP) is 4.01. The molecule has 3 amide bonds. The van der Waals surface area contributed by atoms with E-state index in [9.17, 15) is 22.8 Å². The Hall–Kier alpha value is -4.36. The number of alkyl halides is 3. The zero-order valence-corrected chi connectivity index (χ0v) is 22.5. The number of anilines is 3. The number of ether oxygens (including phenoxy) is 1. The molecule has 0 spiro atoms. The quantitative estimate of drug-likeness (QED) is 0.169.